The summed E-state index contributed by atoms with van der Waals surface area (Å²) in [4.78, 5) is 17.1. The zero-order chi connectivity index (χ0) is 20.5. The van der Waals surface area contributed by atoms with E-state index in [4.69, 9.17) is 16.3 Å². The van der Waals surface area contributed by atoms with Crippen molar-refractivity contribution < 1.29 is 17.9 Å². The van der Waals surface area contributed by atoms with E-state index in [0.29, 0.717) is 42.5 Å². The SMILES string of the molecule is CCC1(N2CCN(C(=O)c3ccc(Cl)cc3OC)CC2)CCN(S(C)(=O)=O)C1. The molecule has 2 fully saturated rings. The number of hydrogen-bond donors (Lipinski definition) is 0. The summed E-state index contributed by atoms with van der Waals surface area (Å²) in [5, 5.41) is 0.528. The van der Waals surface area contributed by atoms with Crippen molar-refractivity contribution in [1.29, 1.82) is 0 Å². The van der Waals surface area contributed by atoms with E-state index in [1.54, 1.807) is 22.5 Å². The fourth-order valence-electron chi connectivity index (χ4n) is 4.27. The van der Waals surface area contributed by atoms with Crippen molar-refractivity contribution in [3.8, 4) is 5.75 Å². The molecule has 1 unspecified atom stereocenters. The molecule has 2 aliphatic heterocycles. The molecular weight excluding hydrogens is 402 g/mol. The zero-order valence-electron chi connectivity index (χ0n) is 16.6. The summed E-state index contributed by atoms with van der Waals surface area (Å²) in [6.45, 7) is 5.87. The van der Waals surface area contributed by atoms with Crippen LogP contribution >= 0.6 is 11.6 Å². The summed E-state index contributed by atoms with van der Waals surface area (Å²) >= 11 is 5.99. The largest absolute Gasteiger partial charge is 0.496 e. The molecule has 0 spiro atoms. The lowest BCUT2D eigenvalue weighted by atomic mass is 9.92. The number of carbonyl (C=O) groups excluding carboxylic acids is 1. The van der Waals surface area contributed by atoms with Crippen molar-refractivity contribution in [2.75, 3.05) is 52.6 Å². The Kier molecular flexibility index (Phi) is 6.24. The highest BCUT2D eigenvalue weighted by Crippen LogP contribution is 2.34. The molecular formula is C19H28ClN3O4S. The van der Waals surface area contributed by atoms with Crippen LogP contribution in [-0.2, 0) is 10.0 Å². The molecule has 1 atom stereocenters. The van der Waals surface area contributed by atoms with Gasteiger partial charge in [0, 0.05) is 49.8 Å². The predicted octanol–water partition coefficient (Wildman–Crippen LogP) is 1.92. The van der Waals surface area contributed by atoms with Gasteiger partial charge in [0.2, 0.25) is 10.0 Å². The van der Waals surface area contributed by atoms with Crippen molar-refractivity contribution in [2.24, 2.45) is 0 Å². The van der Waals surface area contributed by atoms with Gasteiger partial charge in [-0.25, -0.2) is 12.7 Å². The van der Waals surface area contributed by atoms with Crippen LogP contribution in [-0.4, -0.2) is 86.6 Å². The van der Waals surface area contributed by atoms with Gasteiger partial charge in [-0.3, -0.25) is 9.69 Å². The van der Waals surface area contributed by atoms with Crippen LogP contribution in [0, 0.1) is 0 Å². The molecule has 0 aromatic heterocycles. The van der Waals surface area contributed by atoms with Crippen molar-refractivity contribution in [1.82, 2.24) is 14.1 Å². The first kappa shape index (κ1) is 21.4. The van der Waals surface area contributed by atoms with E-state index in [2.05, 4.69) is 11.8 Å². The quantitative estimate of drug-likeness (QED) is 0.715. The molecule has 7 nitrogen and oxygen atoms in total. The fraction of sp³-hybridized carbons (Fsp3) is 0.632. The Balaban J connectivity index is 1.68. The van der Waals surface area contributed by atoms with Crippen molar-refractivity contribution in [2.45, 2.75) is 25.3 Å². The van der Waals surface area contributed by atoms with Gasteiger partial charge >= 0.3 is 0 Å². The van der Waals surface area contributed by atoms with Gasteiger partial charge in [0.15, 0.2) is 0 Å². The van der Waals surface area contributed by atoms with Crippen LogP contribution in [0.2, 0.25) is 5.02 Å². The molecule has 9 heteroatoms. The van der Waals surface area contributed by atoms with E-state index >= 15 is 0 Å². The molecule has 0 aliphatic carbocycles. The summed E-state index contributed by atoms with van der Waals surface area (Å²) < 4.78 is 30.8. The Labute approximate surface area is 172 Å². The first-order chi connectivity index (χ1) is 13.2. The standard InChI is InChI=1S/C19H28ClN3O4S/c1-4-19(7-8-23(14-19)28(3,25)26)22-11-9-21(10-12-22)18(24)16-6-5-15(20)13-17(16)27-2/h5-6,13H,4,7-12,14H2,1-3H3. The second-order valence-corrected chi connectivity index (χ2v) is 9.97. The van der Waals surface area contributed by atoms with E-state index in [0.717, 1.165) is 25.9 Å². The lowest BCUT2D eigenvalue weighted by Crippen LogP contribution is -2.59. The third-order valence-electron chi connectivity index (χ3n) is 6.06. The maximum Gasteiger partial charge on any atom is 0.257 e. The molecule has 28 heavy (non-hydrogen) atoms. The maximum absolute atomic E-state index is 12.9. The van der Waals surface area contributed by atoms with Gasteiger partial charge in [0.25, 0.3) is 5.91 Å². The number of amides is 1. The summed E-state index contributed by atoms with van der Waals surface area (Å²) in [5.74, 6) is 0.410. The average molecular weight is 430 g/mol. The van der Waals surface area contributed by atoms with Crippen molar-refractivity contribution >= 4 is 27.5 Å². The predicted molar refractivity (Wildman–Crippen MR) is 110 cm³/mol. The number of benzene rings is 1. The van der Waals surface area contributed by atoms with E-state index < -0.39 is 10.0 Å². The molecule has 3 rings (SSSR count). The molecule has 1 aromatic carbocycles. The minimum atomic E-state index is -3.18. The van der Waals surface area contributed by atoms with Gasteiger partial charge in [0.1, 0.15) is 5.75 Å². The van der Waals surface area contributed by atoms with E-state index in [-0.39, 0.29) is 11.4 Å². The van der Waals surface area contributed by atoms with Crippen molar-refractivity contribution in [3.05, 3.63) is 28.8 Å². The second kappa shape index (κ2) is 8.18. The first-order valence-corrected chi connectivity index (χ1v) is 11.8. The molecule has 0 radical (unpaired) electrons. The van der Waals surface area contributed by atoms with E-state index in [1.165, 1.54) is 13.4 Å². The minimum Gasteiger partial charge on any atom is -0.496 e. The Hall–Kier alpha value is -1.35. The average Bonchev–Trinajstić information content (AvgIpc) is 3.14. The van der Waals surface area contributed by atoms with Gasteiger partial charge in [-0.15, -0.1) is 0 Å². The van der Waals surface area contributed by atoms with Crippen LogP contribution in [0.4, 0.5) is 0 Å². The molecule has 0 bridgehead atoms. The van der Waals surface area contributed by atoms with Crippen LogP contribution < -0.4 is 4.74 Å². The van der Waals surface area contributed by atoms with Gasteiger partial charge in [-0.1, -0.05) is 18.5 Å². The Morgan fingerprint density at radius 2 is 1.89 bits per heavy atom. The lowest BCUT2D eigenvalue weighted by Gasteiger charge is -2.45. The Morgan fingerprint density at radius 1 is 1.21 bits per heavy atom. The number of carbonyl (C=O) groups is 1. The van der Waals surface area contributed by atoms with Crippen LogP contribution in [0.25, 0.3) is 0 Å². The molecule has 2 aliphatic rings. The Bertz CT molecular complexity index is 840. The number of rotatable bonds is 5. The number of ether oxygens (including phenoxy) is 1. The molecule has 0 saturated carbocycles. The summed E-state index contributed by atoms with van der Waals surface area (Å²) in [6.07, 6.45) is 2.99. The summed E-state index contributed by atoms with van der Waals surface area (Å²) in [7, 11) is -1.65. The number of sulfonamides is 1. The number of halogens is 1. The lowest BCUT2D eigenvalue weighted by molar-refractivity contribution is 0.0311. The van der Waals surface area contributed by atoms with Crippen LogP contribution in [0.1, 0.15) is 30.1 Å². The molecule has 156 valence electrons. The Morgan fingerprint density at radius 3 is 2.43 bits per heavy atom. The highest BCUT2D eigenvalue weighted by Gasteiger charge is 2.45. The van der Waals surface area contributed by atoms with Gasteiger partial charge in [-0.2, -0.15) is 0 Å². The zero-order valence-corrected chi connectivity index (χ0v) is 18.2. The molecule has 1 aromatic rings. The van der Waals surface area contributed by atoms with Gasteiger partial charge < -0.3 is 9.64 Å². The third-order valence-corrected chi connectivity index (χ3v) is 7.54. The molecule has 0 N–H and O–H groups in total. The van der Waals surface area contributed by atoms with Crippen LogP contribution in [0.5, 0.6) is 5.75 Å². The number of nitrogens with zero attached hydrogens (tertiary/aromatic N) is 3. The topological polar surface area (TPSA) is 70.2 Å². The highest BCUT2D eigenvalue weighted by molar-refractivity contribution is 7.88. The molecule has 2 heterocycles. The maximum atomic E-state index is 12.9. The highest BCUT2D eigenvalue weighted by atomic mass is 35.5. The third kappa shape index (κ3) is 4.15. The molecule has 1 amide bonds. The second-order valence-electron chi connectivity index (χ2n) is 7.55. The van der Waals surface area contributed by atoms with Crippen LogP contribution in [0.3, 0.4) is 0 Å². The number of methoxy groups -OCH3 is 1. The number of piperazine rings is 1. The van der Waals surface area contributed by atoms with Crippen LogP contribution in [0.15, 0.2) is 18.2 Å². The van der Waals surface area contributed by atoms with Gasteiger partial charge in [0.05, 0.1) is 18.9 Å². The minimum absolute atomic E-state index is 0.0668. The van der Waals surface area contributed by atoms with Crippen molar-refractivity contribution in [3.63, 3.8) is 0 Å². The smallest absolute Gasteiger partial charge is 0.257 e. The fourth-order valence-corrected chi connectivity index (χ4v) is 5.33. The monoisotopic (exact) mass is 429 g/mol. The van der Waals surface area contributed by atoms with Gasteiger partial charge in [-0.05, 0) is 31.0 Å². The van der Waals surface area contributed by atoms with E-state index in [1.807, 2.05) is 4.90 Å². The summed E-state index contributed by atoms with van der Waals surface area (Å²) in [6, 6.07) is 5.04. The summed E-state index contributed by atoms with van der Waals surface area (Å²) in [5.41, 5.74) is 0.366. The first-order valence-electron chi connectivity index (χ1n) is 9.53. The molecule has 2 saturated heterocycles. The number of hydrogen-bond acceptors (Lipinski definition) is 5. The normalized spacial score (nSPS) is 24.5. The van der Waals surface area contributed by atoms with E-state index in [9.17, 15) is 13.2 Å².